The van der Waals surface area contributed by atoms with Gasteiger partial charge in [-0.15, -0.1) is 0 Å². The molecule has 0 saturated carbocycles. The van der Waals surface area contributed by atoms with Crippen molar-refractivity contribution in [2.75, 3.05) is 31.1 Å². The van der Waals surface area contributed by atoms with Crippen LogP contribution in [0.25, 0.3) is 0 Å². The topological polar surface area (TPSA) is 24.8 Å². The van der Waals surface area contributed by atoms with E-state index in [4.69, 9.17) is 4.74 Å². The van der Waals surface area contributed by atoms with Gasteiger partial charge >= 0.3 is 0 Å². The Labute approximate surface area is 129 Å². The molecule has 3 nitrogen and oxygen atoms in total. The van der Waals surface area contributed by atoms with Gasteiger partial charge in [0.15, 0.2) is 0 Å². The van der Waals surface area contributed by atoms with E-state index in [0.717, 1.165) is 51.3 Å². The molecule has 1 aliphatic heterocycles. The van der Waals surface area contributed by atoms with Crippen LogP contribution in [-0.4, -0.2) is 32.0 Å². The summed E-state index contributed by atoms with van der Waals surface area (Å²) in [6.07, 6.45) is 4.53. The first-order chi connectivity index (χ1) is 10.2. The highest BCUT2D eigenvalue weighted by Gasteiger charge is 2.22. The third-order valence-corrected chi connectivity index (χ3v) is 3.82. The fraction of sp³-hybridized carbons (Fsp3) is 0.611. The van der Waals surface area contributed by atoms with Crippen molar-refractivity contribution in [1.29, 1.82) is 0 Å². The highest BCUT2D eigenvalue weighted by atomic mass is 16.5. The van der Waals surface area contributed by atoms with Gasteiger partial charge in [0.25, 0.3) is 0 Å². The second-order valence-electron chi connectivity index (χ2n) is 5.89. The molecule has 1 aliphatic rings. The second kappa shape index (κ2) is 8.06. The van der Waals surface area contributed by atoms with Gasteiger partial charge in [-0.25, -0.2) is 0 Å². The number of rotatable bonds is 8. The molecule has 0 atom stereocenters. The smallest absolute Gasteiger partial charge is 0.142 e. The Morgan fingerprint density at radius 3 is 2.90 bits per heavy atom. The molecule has 2 rings (SSSR count). The lowest BCUT2D eigenvalue weighted by Gasteiger charge is -2.22. The molecule has 0 aliphatic carbocycles. The Kier molecular flexibility index (Phi) is 6.09. The fourth-order valence-electron chi connectivity index (χ4n) is 2.73. The molecular formula is C18H28N2O. The van der Waals surface area contributed by atoms with Gasteiger partial charge in [-0.1, -0.05) is 25.5 Å². The molecule has 1 aromatic rings. The number of aliphatic imine (C=N–C) groups is 1. The first kappa shape index (κ1) is 15.9. The van der Waals surface area contributed by atoms with Crippen LogP contribution in [0.3, 0.4) is 0 Å². The summed E-state index contributed by atoms with van der Waals surface area (Å²) in [7, 11) is 0. The molecular weight excluding hydrogens is 260 g/mol. The molecule has 0 bridgehead atoms. The highest BCUT2D eigenvalue weighted by molar-refractivity contribution is 5.79. The van der Waals surface area contributed by atoms with Crippen LogP contribution in [0.5, 0.6) is 5.75 Å². The van der Waals surface area contributed by atoms with Gasteiger partial charge in [0.05, 0.1) is 12.3 Å². The van der Waals surface area contributed by atoms with Gasteiger partial charge in [0.2, 0.25) is 0 Å². The molecule has 0 amide bonds. The van der Waals surface area contributed by atoms with Crippen LogP contribution < -0.4 is 9.64 Å². The molecule has 0 spiro atoms. The maximum atomic E-state index is 5.99. The fourth-order valence-corrected chi connectivity index (χ4v) is 2.73. The monoisotopic (exact) mass is 288 g/mol. The Hall–Kier alpha value is -1.51. The van der Waals surface area contributed by atoms with Crippen LogP contribution in [0.15, 0.2) is 23.2 Å². The Bertz CT molecular complexity index is 478. The predicted molar refractivity (Wildman–Crippen MR) is 91.0 cm³/mol. The molecule has 0 radical (unpaired) electrons. The van der Waals surface area contributed by atoms with Crippen LogP contribution in [0, 0.1) is 0 Å². The minimum atomic E-state index is 0.820. The summed E-state index contributed by atoms with van der Waals surface area (Å²) in [5.74, 6) is 1.06. The van der Waals surface area contributed by atoms with Crippen molar-refractivity contribution < 1.29 is 4.74 Å². The highest BCUT2D eigenvalue weighted by Crippen LogP contribution is 2.37. The molecule has 0 N–H and O–H groups in total. The summed E-state index contributed by atoms with van der Waals surface area (Å²) in [5, 5.41) is 0. The molecule has 1 aromatic carbocycles. The number of fused-ring (bicyclic) bond motifs is 1. The van der Waals surface area contributed by atoms with Crippen molar-refractivity contribution in [1.82, 2.24) is 0 Å². The number of hydrogen-bond acceptors (Lipinski definition) is 3. The van der Waals surface area contributed by atoms with E-state index >= 15 is 0 Å². The van der Waals surface area contributed by atoms with Crippen LogP contribution >= 0.6 is 0 Å². The Balaban J connectivity index is 1.98. The Morgan fingerprint density at radius 1 is 1.29 bits per heavy atom. The van der Waals surface area contributed by atoms with Gasteiger partial charge in [-0.2, -0.15) is 0 Å². The van der Waals surface area contributed by atoms with Gasteiger partial charge < -0.3 is 9.64 Å². The van der Waals surface area contributed by atoms with E-state index in [1.807, 2.05) is 0 Å². The first-order valence-corrected chi connectivity index (χ1v) is 8.19. The standard InChI is InChI=1S/C18H28N2O/c1-4-5-14-21-17-9-6-8-16-10-13-20(18(16)17)12-7-11-19-15(2)3/h6,8-9H,4-5,7,10-14H2,1-3H3. The average Bonchev–Trinajstić information content (AvgIpc) is 2.88. The molecule has 0 aromatic heterocycles. The molecule has 0 unspecified atom stereocenters. The van der Waals surface area contributed by atoms with Crippen LogP contribution in [-0.2, 0) is 6.42 Å². The number of nitrogens with zero attached hydrogens (tertiary/aromatic N) is 2. The van der Waals surface area contributed by atoms with Crippen molar-refractivity contribution in [3.63, 3.8) is 0 Å². The molecule has 116 valence electrons. The van der Waals surface area contributed by atoms with E-state index in [9.17, 15) is 0 Å². The summed E-state index contributed by atoms with van der Waals surface area (Å²) in [4.78, 5) is 6.95. The zero-order valence-corrected chi connectivity index (χ0v) is 13.7. The van der Waals surface area contributed by atoms with Crippen LogP contribution in [0.2, 0.25) is 0 Å². The minimum absolute atomic E-state index is 0.820. The van der Waals surface area contributed by atoms with Crippen molar-refractivity contribution in [3.05, 3.63) is 23.8 Å². The van der Waals surface area contributed by atoms with E-state index in [-0.39, 0.29) is 0 Å². The average molecular weight is 288 g/mol. The lowest BCUT2D eigenvalue weighted by molar-refractivity contribution is 0.310. The summed E-state index contributed by atoms with van der Waals surface area (Å²) >= 11 is 0. The summed E-state index contributed by atoms with van der Waals surface area (Å²) < 4.78 is 5.99. The molecule has 0 fully saturated rings. The lowest BCUT2D eigenvalue weighted by atomic mass is 10.1. The maximum absolute atomic E-state index is 5.99. The molecule has 1 heterocycles. The number of benzene rings is 1. The summed E-state index contributed by atoms with van der Waals surface area (Å²) in [6.45, 7) is 10.2. The third kappa shape index (κ3) is 4.48. The van der Waals surface area contributed by atoms with E-state index in [0.29, 0.717) is 0 Å². The molecule has 0 saturated heterocycles. The van der Waals surface area contributed by atoms with Crippen molar-refractivity contribution in [2.45, 2.75) is 46.5 Å². The van der Waals surface area contributed by atoms with Crippen molar-refractivity contribution >= 4 is 11.4 Å². The minimum Gasteiger partial charge on any atom is -0.491 e. The zero-order chi connectivity index (χ0) is 15.1. The number of unbranched alkanes of at least 4 members (excludes halogenated alkanes) is 1. The lowest BCUT2D eigenvalue weighted by Crippen LogP contribution is -2.23. The first-order valence-electron chi connectivity index (χ1n) is 8.19. The predicted octanol–water partition coefficient (Wildman–Crippen LogP) is 4.10. The Morgan fingerprint density at radius 2 is 2.14 bits per heavy atom. The van der Waals surface area contributed by atoms with Gasteiger partial charge in [-0.05, 0) is 44.7 Å². The zero-order valence-electron chi connectivity index (χ0n) is 13.7. The number of para-hydroxylation sites is 1. The largest absolute Gasteiger partial charge is 0.491 e. The van der Waals surface area contributed by atoms with E-state index in [1.165, 1.54) is 23.4 Å². The summed E-state index contributed by atoms with van der Waals surface area (Å²) in [5.41, 5.74) is 3.92. The van der Waals surface area contributed by atoms with E-state index < -0.39 is 0 Å². The van der Waals surface area contributed by atoms with Gasteiger partial charge in [-0.3, -0.25) is 4.99 Å². The van der Waals surface area contributed by atoms with Crippen LogP contribution in [0.1, 0.15) is 45.6 Å². The van der Waals surface area contributed by atoms with E-state index in [1.54, 1.807) is 0 Å². The van der Waals surface area contributed by atoms with Crippen LogP contribution in [0.4, 0.5) is 5.69 Å². The second-order valence-corrected chi connectivity index (χ2v) is 5.89. The third-order valence-electron chi connectivity index (χ3n) is 3.82. The van der Waals surface area contributed by atoms with E-state index in [2.05, 4.69) is 48.9 Å². The molecule has 3 heteroatoms. The molecule has 21 heavy (non-hydrogen) atoms. The number of hydrogen-bond donors (Lipinski definition) is 0. The quantitative estimate of drug-likeness (QED) is 0.531. The summed E-state index contributed by atoms with van der Waals surface area (Å²) in [6, 6.07) is 6.46. The number of ether oxygens (including phenoxy) is 1. The van der Waals surface area contributed by atoms with Gasteiger partial charge in [0, 0.05) is 25.3 Å². The number of anilines is 1. The maximum Gasteiger partial charge on any atom is 0.142 e. The normalized spacial score (nSPS) is 13.2. The SMILES string of the molecule is CCCCOc1cccc2c1N(CCCN=C(C)C)CC2. The van der Waals surface area contributed by atoms with Crippen molar-refractivity contribution in [2.24, 2.45) is 4.99 Å². The van der Waals surface area contributed by atoms with Crippen molar-refractivity contribution in [3.8, 4) is 5.75 Å². The van der Waals surface area contributed by atoms with Gasteiger partial charge in [0.1, 0.15) is 5.75 Å².